The highest BCUT2D eigenvalue weighted by molar-refractivity contribution is 7.89. The van der Waals surface area contributed by atoms with Crippen LogP contribution in [0.5, 0.6) is 0 Å². The van der Waals surface area contributed by atoms with Crippen LogP contribution in [-0.4, -0.2) is 59.1 Å². The van der Waals surface area contributed by atoms with Gasteiger partial charge in [-0.05, 0) is 37.3 Å². The topological polar surface area (TPSA) is 75.0 Å². The number of benzene rings is 1. The molecule has 9 heteroatoms. The van der Waals surface area contributed by atoms with Gasteiger partial charge in [0.15, 0.2) is 0 Å². The Bertz CT molecular complexity index is 1150. The van der Waals surface area contributed by atoms with Gasteiger partial charge < -0.3 is 9.30 Å². The monoisotopic (exact) mass is 418 g/mol. The Morgan fingerprint density at radius 1 is 1.07 bits per heavy atom. The summed E-state index contributed by atoms with van der Waals surface area (Å²) in [4.78, 5) is 19.0. The highest BCUT2D eigenvalue weighted by Gasteiger charge is 2.31. The van der Waals surface area contributed by atoms with E-state index in [4.69, 9.17) is 11.6 Å². The molecule has 0 radical (unpaired) electrons. The lowest BCUT2D eigenvalue weighted by atomic mass is 10.3. The van der Waals surface area contributed by atoms with Crippen LogP contribution in [0.25, 0.3) is 5.65 Å². The van der Waals surface area contributed by atoms with Crippen molar-refractivity contribution in [1.82, 2.24) is 18.6 Å². The molecular formula is C19H19ClN4O3S. The SMILES string of the molecule is Cc1cccc2nc(C(=O)N3CCN(S(=O)(=O)c4cccc(Cl)c4)CC3)cn12. The van der Waals surface area contributed by atoms with Crippen molar-refractivity contribution in [2.75, 3.05) is 26.2 Å². The molecule has 1 aliphatic heterocycles. The van der Waals surface area contributed by atoms with Gasteiger partial charge in [-0.25, -0.2) is 13.4 Å². The van der Waals surface area contributed by atoms with Crippen molar-refractivity contribution in [3.8, 4) is 0 Å². The molecule has 0 bridgehead atoms. The van der Waals surface area contributed by atoms with E-state index in [1.165, 1.54) is 16.4 Å². The zero-order chi connectivity index (χ0) is 19.9. The molecule has 1 amide bonds. The van der Waals surface area contributed by atoms with Gasteiger partial charge in [0.25, 0.3) is 5.91 Å². The second kappa shape index (κ2) is 7.20. The molecule has 0 aliphatic carbocycles. The van der Waals surface area contributed by atoms with Crippen molar-refractivity contribution >= 4 is 33.2 Å². The van der Waals surface area contributed by atoms with Gasteiger partial charge in [-0.3, -0.25) is 4.79 Å². The number of fused-ring (bicyclic) bond motifs is 1. The number of rotatable bonds is 3. The standard InChI is InChI=1S/C19H19ClN4O3S/c1-14-4-2-7-18-21-17(13-24(14)18)19(25)22-8-10-23(11-9-22)28(26,27)16-6-3-5-15(20)12-16/h2-7,12-13H,8-11H2,1H3. The lowest BCUT2D eigenvalue weighted by molar-refractivity contribution is 0.0692. The van der Waals surface area contributed by atoms with E-state index in [1.807, 2.05) is 29.5 Å². The second-order valence-corrected chi connectivity index (χ2v) is 9.05. The molecule has 2 aromatic heterocycles. The summed E-state index contributed by atoms with van der Waals surface area (Å²) in [6, 6.07) is 11.9. The Hall–Kier alpha value is -2.42. The van der Waals surface area contributed by atoms with Gasteiger partial charge in [0, 0.05) is 43.1 Å². The van der Waals surface area contributed by atoms with Crippen LogP contribution in [0.2, 0.25) is 5.02 Å². The van der Waals surface area contributed by atoms with Crippen LogP contribution in [0.3, 0.4) is 0 Å². The van der Waals surface area contributed by atoms with Crippen molar-refractivity contribution in [2.24, 2.45) is 0 Å². The molecule has 3 aromatic rings. The Morgan fingerprint density at radius 2 is 1.79 bits per heavy atom. The van der Waals surface area contributed by atoms with E-state index in [9.17, 15) is 13.2 Å². The number of nitrogens with zero attached hydrogens (tertiary/aromatic N) is 4. The number of carbonyl (C=O) groups excluding carboxylic acids is 1. The molecule has 0 atom stereocenters. The quantitative estimate of drug-likeness (QED) is 0.654. The first kappa shape index (κ1) is 18.9. The van der Waals surface area contributed by atoms with Gasteiger partial charge in [0.05, 0.1) is 4.90 Å². The van der Waals surface area contributed by atoms with E-state index in [1.54, 1.807) is 23.2 Å². The van der Waals surface area contributed by atoms with E-state index in [2.05, 4.69) is 4.98 Å². The highest BCUT2D eigenvalue weighted by Crippen LogP contribution is 2.21. The first-order chi connectivity index (χ1) is 13.4. The smallest absolute Gasteiger partial charge is 0.274 e. The maximum absolute atomic E-state index is 12.8. The van der Waals surface area contributed by atoms with E-state index in [0.29, 0.717) is 29.5 Å². The predicted molar refractivity (Wildman–Crippen MR) is 106 cm³/mol. The number of sulfonamides is 1. The van der Waals surface area contributed by atoms with Crippen molar-refractivity contribution in [1.29, 1.82) is 0 Å². The number of amides is 1. The average Bonchev–Trinajstić information content (AvgIpc) is 3.13. The predicted octanol–water partition coefficient (Wildman–Crippen LogP) is 2.44. The molecule has 0 spiro atoms. The van der Waals surface area contributed by atoms with Crippen LogP contribution in [0.1, 0.15) is 16.2 Å². The lowest BCUT2D eigenvalue weighted by Crippen LogP contribution is -2.50. The highest BCUT2D eigenvalue weighted by atomic mass is 35.5. The van der Waals surface area contributed by atoms with Crippen molar-refractivity contribution in [3.63, 3.8) is 0 Å². The molecule has 3 heterocycles. The minimum absolute atomic E-state index is 0.163. The number of aryl methyl sites for hydroxylation is 1. The average molecular weight is 419 g/mol. The molecule has 0 unspecified atom stereocenters. The summed E-state index contributed by atoms with van der Waals surface area (Å²) in [6.45, 7) is 3.03. The molecule has 4 rings (SSSR count). The van der Waals surface area contributed by atoms with Crippen molar-refractivity contribution in [3.05, 3.63) is 65.1 Å². The van der Waals surface area contributed by atoms with E-state index >= 15 is 0 Å². The third-order valence-corrected chi connectivity index (χ3v) is 7.00. The number of carbonyl (C=O) groups is 1. The zero-order valence-corrected chi connectivity index (χ0v) is 16.8. The number of aromatic nitrogens is 2. The van der Waals surface area contributed by atoms with Crippen LogP contribution >= 0.6 is 11.6 Å². The molecular weight excluding hydrogens is 400 g/mol. The fourth-order valence-electron chi connectivity index (χ4n) is 3.32. The minimum atomic E-state index is -3.63. The molecule has 1 aliphatic rings. The van der Waals surface area contributed by atoms with E-state index < -0.39 is 10.0 Å². The summed E-state index contributed by atoms with van der Waals surface area (Å²) < 4.78 is 28.8. The molecule has 28 heavy (non-hydrogen) atoms. The summed E-state index contributed by atoms with van der Waals surface area (Å²) in [6.07, 6.45) is 1.72. The van der Waals surface area contributed by atoms with Crippen LogP contribution in [0.15, 0.2) is 53.6 Å². The minimum Gasteiger partial charge on any atom is -0.335 e. The fourth-order valence-corrected chi connectivity index (χ4v) is 5.05. The van der Waals surface area contributed by atoms with E-state index in [-0.39, 0.29) is 23.9 Å². The Kier molecular flexibility index (Phi) is 4.86. The van der Waals surface area contributed by atoms with Crippen LogP contribution in [0.4, 0.5) is 0 Å². The van der Waals surface area contributed by atoms with Gasteiger partial charge in [0.2, 0.25) is 10.0 Å². The number of piperazine rings is 1. The van der Waals surface area contributed by atoms with Crippen LogP contribution < -0.4 is 0 Å². The van der Waals surface area contributed by atoms with Crippen molar-refractivity contribution in [2.45, 2.75) is 11.8 Å². The normalized spacial score (nSPS) is 15.9. The van der Waals surface area contributed by atoms with Gasteiger partial charge >= 0.3 is 0 Å². The number of imidazole rings is 1. The van der Waals surface area contributed by atoms with Gasteiger partial charge in [0.1, 0.15) is 11.3 Å². The summed E-state index contributed by atoms with van der Waals surface area (Å²) in [5, 5.41) is 0.372. The molecule has 7 nitrogen and oxygen atoms in total. The number of pyridine rings is 1. The molecule has 146 valence electrons. The second-order valence-electron chi connectivity index (χ2n) is 6.68. The van der Waals surface area contributed by atoms with Gasteiger partial charge in [-0.15, -0.1) is 0 Å². The molecule has 0 N–H and O–H groups in total. The summed E-state index contributed by atoms with van der Waals surface area (Å²) in [5.74, 6) is -0.192. The lowest BCUT2D eigenvalue weighted by Gasteiger charge is -2.33. The van der Waals surface area contributed by atoms with Gasteiger partial charge in [-0.2, -0.15) is 4.31 Å². The number of hydrogen-bond donors (Lipinski definition) is 0. The fraction of sp³-hybridized carbons (Fsp3) is 0.263. The largest absolute Gasteiger partial charge is 0.335 e. The first-order valence-electron chi connectivity index (χ1n) is 8.86. The Balaban J connectivity index is 1.49. The van der Waals surface area contributed by atoms with Crippen LogP contribution in [-0.2, 0) is 10.0 Å². The summed E-state index contributed by atoms with van der Waals surface area (Å²) >= 11 is 5.92. The summed E-state index contributed by atoms with van der Waals surface area (Å²) in [7, 11) is -3.63. The number of halogens is 1. The maximum atomic E-state index is 12.8. The first-order valence-corrected chi connectivity index (χ1v) is 10.7. The van der Waals surface area contributed by atoms with Crippen LogP contribution in [0, 0.1) is 6.92 Å². The molecule has 1 fully saturated rings. The molecule has 1 aromatic carbocycles. The van der Waals surface area contributed by atoms with Gasteiger partial charge in [-0.1, -0.05) is 23.7 Å². The summed E-state index contributed by atoms with van der Waals surface area (Å²) in [5.41, 5.74) is 2.06. The zero-order valence-electron chi connectivity index (χ0n) is 15.2. The van der Waals surface area contributed by atoms with E-state index in [0.717, 1.165) is 5.69 Å². The third-order valence-electron chi connectivity index (χ3n) is 4.87. The third kappa shape index (κ3) is 3.39. The maximum Gasteiger partial charge on any atom is 0.274 e. The number of hydrogen-bond acceptors (Lipinski definition) is 4. The molecule has 0 saturated carbocycles. The Morgan fingerprint density at radius 3 is 2.46 bits per heavy atom. The Labute approximate surface area is 168 Å². The molecule has 1 saturated heterocycles. The van der Waals surface area contributed by atoms with Crippen molar-refractivity contribution < 1.29 is 13.2 Å².